The summed E-state index contributed by atoms with van der Waals surface area (Å²) in [5.41, 5.74) is 1.99. The molecule has 0 aliphatic rings. The van der Waals surface area contributed by atoms with Crippen LogP contribution in [-0.4, -0.2) is 4.98 Å². The molecule has 2 rings (SSSR count). The second-order valence-corrected chi connectivity index (χ2v) is 3.37. The minimum Gasteiger partial charge on any atom is -0.309 e. The van der Waals surface area contributed by atoms with Gasteiger partial charge in [0.05, 0.1) is 11.2 Å². The van der Waals surface area contributed by atoms with Gasteiger partial charge in [0, 0.05) is 5.39 Å². The minimum absolute atomic E-state index is 0.561. The summed E-state index contributed by atoms with van der Waals surface area (Å²) in [5, 5.41) is 1.17. The van der Waals surface area contributed by atoms with Crippen molar-refractivity contribution in [3.63, 3.8) is 0 Å². The summed E-state index contributed by atoms with van der Waals surface area (Å²) < 4.78 is 4.98. The topological polar surface area (TPSA) is 22.1 Å². The first kappa shape index (κ1) is 8.90. The number of aromatic nitrogens is 1. The Morgan fingerprint density at radius 2 is 2.00 bits per heavy atom. The van der Waals surface area contributed by atoms with Gasteiger partial charge < -0.3 is 3.07 Å². The Balaban J connectivity index is 2.49. The molecule has 0 saturated carbocycles. The van der Waals surface area contributed by atoms with Crippen LogP contribution in [0.5, 0.6) is 0 Å². The fourth-order valence-corrected chi connectivity index (χ4v) is 1.56. The lowest BCUT2D eigenvalue weighted by Crippen LogP contribution is -1.89. The average Bonchev–Trinajstić information content (AvgIpc) is 2.18. The summed E-state index contributed by atoms with van der Waals surface area (Å²) in [4.78, 5) is 4.44. The van der Waals surface area contributed by atoms with Gasteiger partial charge in [-0.05, 0) is 12.1 Å². The summed E-state index contributed by atoms with van der Waals surface area (Å²) in [7, 11) is 0. The van der Waals surface area contributed by atoms with Gasteiger partial charge in [0.1, 0.15) is 29.6 Å². The maximum atomic E-state index is 4.98. The summed E-state index contributed by atoms with van der Waals surface area (Å²) in [6.45, 7) is 0.561. The summed E-state index contributed by atoms with van der Waals surface area (Å²) >= 11 is 1.87. The van der Waals surface area contributed by atoms with Gasteiger partial charge in [-0.15, -0.1) is 0 Å². The zero-order valence-corrected chi connectivity index (χ0v) is 9.06. The molecule has 0 atom stereocenters. The van der Waals surface area contributed by atoms with Gasteiger partial charge in [0.15, 0.2) is 0 Å². The maximum Gasteiger partial charge on any atom is 0.110 e. The summed E-state index contributed by atoms with van der Waals surface area (Å²) in [6.07, 6.45) is 0. The molecular formula is C10H8INO. The molecule has 13 heavy (non-hydrogen) atoms. The van der Waals surface area contributed by atoms with Crippen molar-refractivity contribution < 1.29 is 3.07 Å². The zero-order valence-electron chi connectivity index (χ0n) is 6.90. The van der Waals surface area contributed by atoms with E-state index in [-0.39, 0.29) is 0 Å². The van der Waals surface area contributed by atoms with Crippen LogP contribution in [0.25, 0.3) is 10.9 Å². The van der Waals surface area contributed by atoms with Crippen LogP contribution in [0.1, 0.15) is 5.69 Å². The van der Waals surface area contributed by atoms with E-state index in [2.05, 4.69) is 17.1 Å². The van der Waals surface area contributed by atoms with Crippen molar-refractivity contribution in [3.8, 4) is 0 Å². The lowest BCUT2D eigenvalue weighted by atomic mass is 10.2. The Morgan fingerprint density at radius 3 is 2.85 bits per heavy atom. The molecule has 0 bridgehead atoms. The van der Waals surface area contributed by atoms with E-state index in [4.69, 9.17) is 3.07 Å². The van der Waals surface area contributed by atoms with Crippen molar-refractivity contribution in [1.29, 1.82) is 0 Å². The third-order valence-electron chi connectivity index (χ3n) is 1.86. The van der Waals surface area contributed by atoms with Crippen LogP contribution < -0.4 is 0 Å². The lowest BCUT2D eigenvalue weighted by molar-refractivity contribution is 0.411. The van der Waals surface area contributed by atoms with Crippen LogP contribution in [0.3, 0.4) is 0 Å². The van der Waals surface area contributed by atoms with Crippen LogP contribution in [0.15, 0.2) is 36.4 Å². The van der Waals surface area contributed by atoms with Crippen LogP contribution in [-0.2, 0) is 9.67 Å². The largest absolute Gasteiger partial charge is 0.309 e. The first-order valence-corrected chi connectivity index (χ1v) is 4.86. The van der Waals surface area contributed by atoms with Gasteiger partial charge in [0.25, 0.3) is 0 Å². The molecule has 0 unspecified atom stereocenters. The first-order chi connectivity index (χ1) is 6.40. The Morgan fingerprint density at radius 1 is 1.15 bits per heavy atom. The molecule has 3 heteroatoms. The van der Waals surface area contributed by atoms with Crippen molar-refractivity contribution >= 4 is 33.9 Å². The Kier molecular flexibility index (Phi) is 2.75. The van der Waals surface area contributed by atoms with Crippen molar-refractivity contribution in [1.82, 2.24) is 4.98 Å². The van der Waals surface area contributed by atoms with E-state index in [1.165, 1.54) is 5.39 Å². The van der Waals surface area contributed by atoms with Crippen molar-refractivity contribution in [3.05, 3.63) is 42.1 Å². The van der Waals surface area contributed by atoms with Gasteiger partial charge in [-0.2, -0.15) is 0 Å². The van der Waals surface area contributed by atoms with E-state index < -0.39 is 0 Å². The number of hydrogen-bond donors (Lipinski definition) is 0. The van der Waals surface area contributed by atoms with E-state index in [1.54, 1.807) is 0 Å². The zero-order chi connectivity index (χ0) is 9.10. The van der Waals surface area contributed by atoms with Crippen LogP contribution in [0.2, 0.25) is 0 Å². The fourth-order valence-electron chi connectivity index (χ4n) is 1.24. The van der Waals surface area contributed by atoms with E-state index in [1.807, 2.05) is 47.3 Å². The highest BCUT2D eigenvalue weighted by Gasteiger charge is 1.96. The van der Waals surface area contributed by atoms with Crippen molar-refractivity contribution in [2.45, 2.75) is 6.61 Å². The lowest BCUT2D eigenvalue weighted by Gasteiger charge is -1.99. The number of para-hydroxylation sites is 1. The number of hydrogen-bond acceptors (Lipinski definition) is 2. The molecule has 0 radical (unpaired) electrons. The molecule has 0 aliphatic heterocycles. The molecule has 0 amide bonds. The molecule has 1 aromatic heterocycles. The molecule has 0 saturated heterocycles. The number of rotatable bonds is 2. The smallest absolute Gasteiger partial charge is 0.110 e. The Hall–Kier alpha value is -0.680. The second-order valence-electron chi connectivity index (χ2n) is 2.75. The quantitative estimate of drug-likeness (QED) is 0.791. The fraction of sp³-hybridized carbons (Fsp3) is 0.100. The number of pyridine rings is 1. The molecule has 1 heterocycles. The Bertz CT molecular complexity index is 416. The van der Waals surface area contributed by atoms with E-state index >= 15 is 0 Å². The monoisotopic (exact) mass is 285 g/mol. The predicted molar refractivity (Wildman–Crippen MR) is 60.6 cm³/mol. The molecule has 1 aromatic carbocycles. The van der Waals surface area contributed by atoms with E-state index in [0.29, 0.717) is 6.61 Å². The normalized spacial score (nSPS) is 10.5. The molecule has 2 aromatic rings. The van der Waals surface area contributed by atoms with E-state index in [9.17, 15) is 0 Å². The molecule has 0 aliphatic carbocycles. The van der Waals surface area contributed by atoms with Gasteiger partial charge in [-0.1, -0.05) is 24.3 Å². The van der Waals surface area contributed by atoms with Crippen LogP contribution >= 0.6 is 23.0 Å². The van der Waals surface area contributed by atoms with Gasteiger partial charge in [-0.3, -0.25) is 4.98 Å². The minimum atomic E-state index is 0.561. The third-order valence-corrected chi connectivity index (χ3v) is 2.17. The third kappa shape index (κ3) is 1.97. The number of halogens is 1. The predicted octanol–water partition coefficient (Wildman–Crippen LogP) is 3.10. The van der Waals surface area contributed by atoms with Crippen LogP contribution in [0.4, 0.5) is 0 Å². The van der Waals surface area contributed by atoms with Crippen molar-refractivity contribution in [2.24, 2.45) is 0 Å². The molecule has 0 spiro atoms. The number of nitrogens with zero attached hydrogens (tertiary/aromatic N) is 1. The second kappa shape index (κ2) is 4.02. The molecule has 0 fully saturated rings. The highest BCUT2D eigenvalue weighted by molar-refractivity contribution is 14.1. The summed E-state index contributed by atoms with van der Waals surface area (Å²) in [5.74, 6) is 0. The summed E-state index contributed by atoms with van der Waals surface area (Å²) in [6, 6.07) is 12.1. The standard InChI is InChI=1S/C10H8INO/c11-13-7-9-6-5-8-3-1-2-4-10(8)12-9/h1-6H,7H2. The maximum absolute atomic E-state index is 4.98. The van der Waals surface area contributed by atoms with Gasteiger partial charge >= 0.3 is 0 Å². The van der Waals surface area contributed by atoms with Crippen molar-refractivity contribution in [2.75, 3.05) is 0 Å². The van der Waals surface area contributed by atoms with Crippen LogP contribution in [0, 0.1) is 0 Å². The first-order valence-electron chi connectivity index (χ1n) is 3.98. The highest BCUT2D eigenvalue weighted by atomic mass is 127. The average molecular weight is 285 g/mol. The SMILES string of the molecule is IOCc1ccc2ccccc2n1. The molecular weight excluding hydrogens is 277 g/mol. The molecule has 0 N–H and O–H groups in total. The van der Waals surface area contributed by atoms with Gasteiger partial charge in [0.2, 0.25) is 0 Å². The van der Waals surface area contributed by atoms with E-state index in [0.717, 1.165) is 11.2 Å². The Labute approximate surface area is 90.6 Å². The van der Waals surface area contributed by atoms with Gasteiger partial charge in [-0.25, -0.2) is 0 Å². The molecule has 2 nitrogen and oxygen atoms in total. The molecule has 66 valence electrons. The number of benzene rings is 1. The highest BCUT2D eigenvalue weighted by Crippen LogP contribution is 2.12. The number of fused-ring (bicyclic) bond motifs is 1.